The van der Waals surface area contributed by atoms with Gasteiger partial charge in [-0.3, -0.25) is 4.21 Å². The summed E-state index contributed by atoms with van der Waals surface area (Å²) >= 11 is 0. The highest BCUT2D eigenvalue weighted by Crippen LogP contribution is 2.38. The summed E-state index contributed by atoms with van der Waals surface area (Å²) in [5, 5.41) is 0. The van der Waals surface area contributed by atoms with Crippen LogP contribution in [0.5, 0.6) is 0 Å². The molecule has 0 aliphatic heterocycles. The molecule has 1 aromatic carbocycles. The largest absolute Gasteiger partial charge is 0.252 e. The van der Waals surface area contributed by atoms with Crippen molar-refractivity contribution in [3.05, 3.63) is 28.8 Å². The van der Waals surface area contributed by atoms with Crippen LogP contribution in [-0.2, 0) is 17.2 Å². The zero-order valence-electron chi connectivity index (χ0n) is 9.05. The van der Waals surface area contributed by atoms with Gasteiger partial charge in [-0.2, -0.15) is 0 Å². The highest BCUT2D eigenvalue weighted by molar-refractivity contribution is 7.84. The minimum absolute atomic E-state index is 0.422. The fourth-order valence-corrected chi connectivity index (χ4v) is 3.29. The third-order valence-electron chi connectivity index (χ3n) is 3.22. The average Bonchev–Trinajstić information content (AvgIpc) is 2.62. The maximum Gasteiger partial charge on any atom is 0.169 e. The van der Waals surface area contributed by atoms with Crippen LogP contribution in [-0.4, -0.2) is 10.2 Å². The van der Waals surface area contributed by atoms with E-state index >= 15 is 0 Å². The van der Waals surface area contributed by atoms with Crippen LogP contribution in [0.4, 0.5) is 4.39 Å². The molecule has 1 aromatic rings. The van der Waals surface area contributed by atoms with E-state index in [1.807, 2.05) is 12.1 Å². The molecule has 2 rings (SSSR count). The molecule has 2 unspecified atom stereocenters. The Morgan fingerprint density at radius 1 is 1.53 bits per heavy atom. The quantitative estimate of drug-likeness (QED) is 0.757. The van der Waals surface area contributed by atoms with Crippen LogP contribution >= 0.6 is 0 Å². The van der Waals surface area contributed by atoms with Crippen molar-refractivity contribution in [3.63, 3.8) is 0 Å². The summed E-state index contributed by atoms with van der Waals surface area (Å²) in [6.07, 6.45) is 2.14. The van der Waals surface area contributed by atoms with Crippen molar-refractivity contribution in [2.75, 3.05) is 6.01 Å². The zero-order valence-corrected chi connectivity index (χ0v) is 9.86. The lowest BCUT2D eigenvalue weighted by molar-refractivity contribution is 0.579. The molecular weight excluding hydrogens is 211 g/mol. The summed E-state index contributed by atoms with van der Waals surface area (Å²) in [6, 6.07) is 3.01. The van der Waals surface area contributed by atoms with Gasteiger partial charge in [0.25, 0.3) is 0 Å². The van der Waals surface area contributed by atoms with Gasteiger partial charge in [-0.1, -0.05) is 13.0 Å². The van der Waals surface area contributed by atoms with Crippen molar-refractivity contribution < 1.29 is 8.60 Å². The molecule has 0 saturated heterocycles. The van der Waals surface area contributed by atoms with Crippen LogP contribution in [0.1, 0.15) is 36.0 Å². The first-order chi connectivity index (χ1) is 7.15. The third kappa shape index (κ3) is 1.73. The fourth-order valence-electron chi connectivity index (χ4n) is 2.39. The molecule has 1 aliphatic carbocycles. The summed E-state index contributed by atoms with van der Waals surface area (Å²) in [7, 11) is -1.47. The lowest BCUT2D eigenvalue weighted by atomic mass is 10.0. The molecule has 0 spiro atoms. The predicted octanol–water partition coefficient (Wildman–Crippen LogP) is 3.08. The summed E-state index contributed by atoms with van der Waals surface area (Å²) in [6.45, 7) is 4.20. The van der Waals surface area contributed by atoms with Gasteiger partial charge in [0.05, 0.1) is 10.8 Å². The molecule has 0 fully saturated rings. The van der Waals surface area contributed by atoms with E-state index in [0.29, 0.717) is 10.8 Å². The number of alkyl halides is 1. The number of fused-ring (bicyclic) bond motifs is 1. The van der Waals surface area contributed by atoms with Crippen LogP contribution in [0.3, 0.4) is 0 Å². The lowest BCUT2D eigenvalue weighted by Gasteiger charge is -2.12. The second-order valence-corrected chi connectivity index (χ2v) is 5.52. The number of aryl methyl sites for hydroxylation is 1. The third-order valence-corrected chi connectivity index (χ3v) is 4.26. The second-order valence-electron chi connectivity index (χ2n) is 4.17. The van der Waals surface area contributed by atoms with E-state index in [0.717, 1.165) is 18.4 Å². The first-order valence-electron chi connectivity index (χ1n) is 5.22. The smallest absolute Gasteiger partial charge is 0.169 e. The Morgan fingerprint density at radius 3 is 2.93 bits per heavy atom. The van der Waals surface area contributed by atoms with E-state index in [9.17, 15) is 8.60 Å². The van der Waals surface area contributed by atoms with Gasteiger partial charge in [0.1, 0.15) is 0 Å². The Kier molecular flexibility index (Phi) is 2.91. The Bertz CT molecular complexity index is 414. The molecule has 3 heteroatoms. The molecular formula is C12H15FOS. The Labute approximate surface area is 92.2 Å². The maximum atomic E-state index is 12.5. The van der Waals surface area contributed by atoms with E-state index < -0.39 is 16.8 Å². The summed E-state index contributed by atoms with van der Waals surface area (Å²) < 4.78 is 24.0. The van der Waals surface area contributed by atoms with Crippen molar-refractivity contribution in [1.82, 2.24) is 0 Å². The fraction of sp³-hybridized carbons (Fsp3) is 0.500. The van der Waals surface area contributed by atoms with Gasteiger partial charge in [-0.05, 0) is 48.4 Å². The lowest BCUT2D eigenvalue weighted by Crippen LogP contribution is -2.01. The predicted molar refractivity (Wildman–Crippen MR) is 60.3 cm³/mol. The average molecular weight is 226 g/mol. The molecule has 0 bridgehead atoms. The Morgan fingerprint density at radius 2 is 2.27 bits per heavy atom. The van der Waals surface area contributed by atoms with E-state index in [-0.39, 0.29) is 0 Å². The maximum absolute atomic E-state index is 12.5. The van der Waals surface area contributed by atoms with E-state index in [1.54, 1.807) is 0 Å². The van der Waals surface area contributed by atoms with E-state index in [2.05, 4.69) is 13.8 Å². The second kappa shape index (κ2) is 4.05. The molecule has 0 amide bonds. The first-order valence-corrected chi connectivity index (χ1v) is 6.53. The molecule has 0 saturated carbocycles. The van der Waals surface area contributed by atoms with Crippen molar-refractivity contribution in [2.45, 2.75) is 37.5 Å². The Hall–Kier alpha value is -0.700. The Balaban J connectivity index is 2.59. The summed E-state index contributed by atoms with van der Waals surface area (Å²) in [4.78, 5) is 0.711. The van der Waals surface area contributed by atoms with Crippen molar-refractivity contribution in [1.29, 1.82) is 0 Å². The minimum Gasteiger partial charge on any atom is -0.252 e. The van der Waals surface area contributed by atoms with Gasteiger partial charge >= 0.3 is 0 Å². The SMILES string of the molecule is Cc1ccc(S(=O)CF)c2c1CCC2C. The highest BCUT2D eigenvalue weighted by atomic mass is 32.2. The molecule has 2 atom stereocenters. The van der Waals surface area contributed by atoms with Crippen LogP contribution < -0.4 is 0 Å². The number of hydrogen-bond donors (Lipinski definition) is 0. The van der Waals surface area contributed by atoms with Gasteiger partial charge in [0.2, 0.25) is 0 Å². The minimum atomic E-state index is -1.47. The molecule has 0 radical (unpaired) electrons. The monoisotopic (exact) mass is 226 g/mol. The number of hydrogen-bond acceptors (Lipinski definition) is 1. The molecule has 1 aliphatic rings. The molecule has 1 nitrogen and oxygen atoms in total. The van der Waals surface area contributed by atoms with Gasteiger partial charge in [-0.15, -0.1) is 0 Å². The molecule has 0 heterocycles. The van der Waals surface area contributed by atoms with Crippen LogP contribution in [0.2, 0.25) is 0 Å². The summed E-state index contributed by atoms with van der Waals surface area (Å²) in [5.74, 6) is 0.422. The van der Waals surface area contributed by atoms with Crippen molar-refractivity contribution in [2.24, 2.45) is 0 Å². The molecule has 15 heavy (non-hydrogen) atoms. The van der Waals surface area contributed by atoms with Gasteiger partial charge in [0, 0.05) is 4.90 Å². The number of halogens is 1. The number of rotatable bonds is 2. The standard InChI is InChI=1S/C12H15FOS/c1-8-4-6-11(15(14)7-13)12-9(2)3-5-10(8)12/h4,6,9H,3,5,7H2,1-2H3. The van der Waals surface area contributed by atoms with Crippen LogP contribution in [0.25, 0.3) is 0 Å². The van der Waals surface area contributed by atoms with Gasteiger partial charge < -0.3 is 0 Å². The topological polar surface area (TPSA) is 17.1 Å². The number of benzene rings is 1. The van der Waals surface area contributed by atoms with Crippen molar-refractivity contribution in [3.8, 4) is 0 Å². The van der Waals surface area contributed by atoms with Gasteiger partial charge in [-0.25, -0.2) is 4.39 Å². The van der Waals surface area contributed by atoms with Crippen molar-refractivity contribution >= 4 is 10.8 Å². The van der Waals surface area contributed by atoms with Crippen LogP contribution in [0.15, 0.2) is 17.0 Å². The zero-order chi connectivity index (χ0) is 11.0. The van der Waals surface area contributed by atoms with E-state index in [4.69, 9.17) is 0 Å². The normalized spacial score (nSPS) is 21.4. The highest BCUT2D eigenvalue weighted by Gasteiger charge is 2.25. The van der Waals surface area contributed by atoms with Crippen LogP contribution in [0, 0.1) is 6.92 Å². The molecule has 0 aromatic heterocycles. The van der Waals surface area contributed by atoms with Gasteiger partial charge in [0.15, 0.2) is 6.01 Å². The van der Waals surface area contributed by atoms with E-state index in [1.165, 1.54) is 11.1 Å². The summed E-state index contributed by atoms with van der Waals surface area (Å²) in [5.41, 5.74) is 3.68. The molecule has 82 valence electrons. The molecule has 0 N–H and O–H groups in total. The first kappa shape index (κ1) is 10.8.